The van der Waals surface area contributed by atoms with Gasteiger partial charge in [-0.15, -0.1) is 0 Å². The molecule has 3 aliphatic heterocycles. The molecule has 2 unspecified atom stereocenters. The molecule has 3 aliphatic rings. The molecule has 9 heteroatoms. The fraction of sp³-hybridized carbons (Fsp3) is 0.654. The summed E-state index contributed by atoms with van der Waals surface area (Å²) in [5.74, 6) is -0.619. The zero-order chi connectivity index (χ0) is 25.0. The maximum absolute atomic E-state index is 13.2. The van der Waals surface area contributed by atoms with E-state index in [2.05, 4.69) is 15.1 Å². The largest absolute Gasteiger partial charge is 0.462 e. The Morgan fingerprint density at radius 2 is 1.77 bits per heavy atom. The van der Waals surface area contributed by atoms with Gasteiger partial charge in [0.1, 0.15) is 18.0 Å². The molecule has 3 saturated heterocycles. The number of hydrogen-bond donors (Lipinski definition) is 1. The highest BCUT2D eigenvalue weighted by atomic mass is 19.1. The van der Waals surface area contributed by atoms with Crippen LogP contribution in [0.3, 0.4) is 0 Å². The first kappa shape index (κ1) is 25.4. The fourth-order valence-corrected chi connectivity index (χ4v) is 5.57. The standard InChI is InChI=1S/C26H37FN4O4/c1-3-23(28-19(2)32)24(33)31-12-9-26(10-13-31)18-22(35-25(26)34)8-11-29-14-16-30(17-15-29)21-6-4-20(27)5-7-21/h4-7,22-23H,3,8-18H2,1-2H3,(H,28,32). The summed E-state index contributed by atoms with van der Waals surface area (Å²) in [7, 11) is 0. The Labute approximate surface area is 206 Å². The number of esters is 1. The van der Waals surface area contributed by atoms with Crippen molar-refractivity contribution < 1.29 is 23.5 Å². The molecular formula is C26H37FN4O4. The minimum absolute atomic E-state index is 0.0692. The van der Waals surface area contributed by atoms with E-state index in [4.69, 9.17) is 4.74 Å². The summed E-state index contributed by atoms with van der Waals surface area (Å²) in [5, 5.41) is 2.72. The summed E-state index contributed by atoms with van der Waals surface area (Å²) in [6, 6.07) is 6.13. The lowest BCUT2D eigenvalue weighted by Gasteiger charge is -2.38. The Balaban J connectivity index is 1.21. The van der Waals surface area contributed by atoms with E-state index in [1.165, 1.54) is 19.1 Å². The molecule has 0 aliphatic carbocycles. The number of ether oxygens (including phenoxy) is 1. The number of hydrogen-bond acceptors (Lipinski definition) is 6. The quantitative estimate of drug-likeness (QED) is 0.593. The van der Waals surface area contributed by atoms with Crippen molar-refractivity contribution in [3.8, 4) is 0 Å². The molecular weight excluding hydrogens is 451 g/mol. The lowest BCUT2D eigenvalue weighted by atomic mass is 9.75. The Kier molecular flexibility index (Phi) is 7.94. The number of benzene rings is 1. The maximum atomic E-state index is 13.2. The van der Waals surface area contributed by atoms with Gasteiger partial charge in [0, 0.05) is 64.8 Å². The highest BCUT2D eigenvalue weighted by Crippen LogP contribution is 2.44. The smallest absolute Gasteiger partial charge is 0.312 e. The third kappa shape index (κ3) is 5.94. The fourth-order valence-electron chi connectivity index (χ4n) is 5.57. The highest BCUT2D eigenvalue weighted by molar-refractivity contribution is 5.87. The van der Waals surface area contributed by atoms with Gasteiger partial charge in [-0.1, -0.05) is 6.92 Å². The maximum Gasteiger partial charge on any atom is 0.312 e. The number of nitrogens with one attached hydrogen (secondary N) is 1. The summed E-state index contributed by atoms with van der Waals surface area (Å²) >= 11 is 0. The lowest BCUT2D eigenvalue weighted by molar-refractivity contribution is -0.153. The van der Waals surface area contributed by atoms with E-state index in [1.54, 1.807) is 4.90 Å². The number of carbonyl (C=O) groups is 3. The molecule has 0 radical (unpaired) electrons. The number of piperidine rings is 1. The van der Waals surface area contributed by atoms with Crippen molar-refractivity contribution in [1.29, 1.82) is 0 Å². The van der Waals surface area contributed by atoms with Crippen LogP contribution in [0.4, 0.5) is 10.1 Å². The third-order valence-corrected chi connectivity index (χ3v) is 7.77. The van der Waals surface area contributed by atoms with E-state index >= 15 is 0 Å². The SMILES string of the molecule is CCC(NC(C)=O)C(=O)N1CCC2(CC1)CC(CCN1CCN(c3ccc(F)cc3)CC1)OC2=O. The summed E-state index contributed by atoms with van der Waals surface area (Å²) < 4.78 is 19.0. The van der Waals surface area contributed by atoms with E-state index in [0.29, 0.717) is 38.8 Å². The topological polar surface area (TPSA) is 82.2 Å². The second-order valence-electron chi connectivity index (χ2n) is 10.1. The third-order valence-electron chi connectivity index (χ3n) is 7.77. The predicted octanol–water partition coefficient (Wildman–Crippen LogP) is 2.18. The molecule has 1 spiro atoms. The van der Waals surface area contributed by atoms with Crippen molar-refractivity contribution in [2.24, 2.45) is 5.41 Å². The Morgan fingerprint density at radius 1 is 1.11 bits per heavy atom. The number of nitrogens with zero attached hydrogens (tertiary/aromatic N) is 3. The molecule has 2 atom stereocenters. The van der Waals surface area contributed by atoms with Crippen LogP contribution in [0.2, 0.25) is 0 Å². The van der Waals surface area contributed by atoms with Crippen LogP contribution >= 0.6 is 0 Å². The van der Waals surface area contributed by atoms with E-state index < -0.39 is 11.5 Å². The highest BCUT2D eigenvalue weighted by Gasteiger charge is 2.51. The number of likely N-dealkylation sites (tertiary alicyclic amines) is 1. The summed E-state index contributed by atoms with van der Waals surface area (Å²) in [6.07, 6.45) is 3.21. The average molecular weight is 489 g/mol. The molecule has 35 heavy (non-hydrogen) atoms. The summed E-state index contributed by atoms with van der Waals surface area (Å²) in [5.41, 5.74) is 0.559. The molecule has 192 valence electrons. The number of anilines is 1. The van der Waals surface area contributed by atoms with Gasteiger partial charge in [0.2, 0.25) is 11.8 Å². The number of amides is 2. The second kappa shape index (κ2) is 10.9. The monoisotopic (exact) mass is 488 g/mol. The van der Waals surface area contributed by atoms with Crippen LogP contribution in [0, 0.1) is 11.2 Å². The van der Waals surface area contributed by atoms with Gasteiger partial charge >= 0.3 is 5.97 Å². The van der Waals surface area contributed by atoms with Gasteiger partial charge in [-0.05, 0) is 49.9 Å². The first-order valence-corrected chi connectivity index (χ1v) is 12.8. The molecule has 3 fully saturated rings. The van der Waals surface area contributed by atoms with Crippen molar-refractivity contribution in [3.63, 3.8) is 0 Å². The van der Waals surface area contributed by atoms with Gasteiger partial charge in [-0.3, -0.25) is 19.3 Å². The Morgan fingerprint density at radius 3 is 2.37 bits per heavy atom. The molecule has 2 amide bonds. The molecule has 8 nitrogen and oxygen atoms in total. The zero-order valence-corrected chi connectivity index (χ0v) is 20.8. The van der Waals surface area contributed by atoms with E-state index in [1.807, 2.05) is 19.1 Å². The molecule has 1 aromatic rings. The second-order valence-corrected chi connectivity index (χ2v) is 10.1. The number of halogens is 1. The van der Waals surface area contributed by atoms with Crippen molar-refractivity contribution >= 4 is 23.5 Å². The molecule has 3 heterocycles. The molecule has 0 bridgehead atoms. The van der Waals surface area contributed by atoms with Crippen LogP contribution < -0.4 is 10.2 Å². The Bertz CT molecular complexity index is 908. The normalized spacial score (nSPS) is 23.3. The first-order chi connectivity index (χ1) is 16.8. The number of carbonyl (C=O) groups excluding carboxylic acids is 3. The van der Waals surface area contributed by atoms with E-state index in [9.17, 15) is 18.8 Å². The molecule has 1 aromatic carbocycles. The summed E-state index contributed by atoms with van der Waals surface area (Å²) in [4.78, 5) is 43.4. The number of cyclic esters (lactones) is 1. The molecule has 0 aromatic heterocycles. The number of rotatable bonds is 7. The van der Waals surface area contributed by atoms with Crippen LogP contribution in [0.25, 0.3) is 0 Å². The van der Waals surface area contributed by atoms with Gasteiger partial charge in [0.15, 0.2) is 0 Å². The zero-order valence-electron chi connectivity index (χ0n) is 20.8. The summed E-state index contributed by atoms with van der Waals surface area (Å²) in [6.45, 7) is 8.84. The van der Waals surface area contributed by atoms with Crippen molar-refractivity contribution in [3.05, 3.63) is 30.1 Å². The minimum Gasteiger partial charge on any atom is -0.462 e. The number of piperazine rings is 1. The molecule has 0 saturated carbocycles. The molecule has 4 rings (SSSR count). The van der Waals surface area contributed by atoms with E-state index in [-0.39, 0.29) is 29.7 Å². The molecule has 1 N–H and O–H groups in total. The van der Waals surface area contributed by atoms with Crippen LogP contribution in [-0.4, -0.2) is 85.5 Å². The van der Waals surface area contributed by atoms with Gasteiger partial charge in [0.25, 0.3) is 0 Å². The van der Waals surface area contributed by atoms with Gasteiger partial charge < -0.3 is 19.9 Å². The van der Waals surface area contributed by atoms with E-state index in [0.717, 1.165) is 44.8 Å². The van der Waals surface area contributed by atoms with Crippen molar-refractivity contribution in [1.82, 2.24) is 15.1 Å². The lowest BCUT2D eigenvalue weighted by Crippen LogP contribution is -2.52. The predicted molar refractivity (Wildman–Crippen MR) is 130 cm³/mol. The van der Waals surface area contributed by atoms with Gasteiger partial charge in [0.05, 0.1) is 5.41 Å². The Hall–Kier alpha value is -2.68. The van der Waals surface area contributed by atoms with Gasteiger partial charge in [-0.2, -0.15) is 0 Å². The first-order valence-electron chi connectivity index (χ1n) is 12.8. The minimum atomic E-state index is -0.506. The van der Waals surface area contributed by atoms with Crippen molar-refractivity contribution in [2.45, 2.75) is 58.1 Å². The van der Waals surface area contributed by atoms with Crippen LogP contribution in [0.15, 0.2) is 24.3 Å². The van der Waals surface area contributed by atoms with Crippen LogP contribution in [0.5, 0.6) is 0 Å². The van der Waals surface area contributed by atoms with Gasteiger partial charge in [-0.25, -0.2) is 4.39 Å². The van der Waals surface area contributed by atoms with Crippen molar-refractivity contribution in [2.75, 3.05) is 50.7 Å². The average Bonchev–Trinajstić information content (AvgIpc) is 3.16. The van der Waals surface area contributed by atoms with Crippen LogP contribution in [-0.2, 0) is 19.1 Å². The van der Waals surface area contributed by atoms with Crippen LogP contribution in [0.1, 0.15) is 46.0 Å².